The van der Waals surface area contributed by atoms with E-state index >= 15 is 0 Å². The van der Waals surface area contributed by atoms with Crippen molar-refractivity contribution in [2.45, 2.75) is 103 Å². The van der Waals surface area contributed by atoms with Crippen LogP contribution in [0.4, 0.5) is 0 Å². The third-order valence-corrected chi connectivity index (χ3v) is 7.86. The highest BCUT2D eigenvalue weighted by atomic mass is 16.5. The lowest BCUT2D eigenvalue weighted by atomic mass is 9.95. The molecular formula is C34H47NO5. The van der Waals surface area contributed by atoms with Crippen molar-refractivity contribution in [3.05, 3.63) is 65.2 Å². The van der Waals surface area contributed by atoms with E-state index in [9.17, 15) is 19.8 Å². The molecule has 0 saturated carbocycles. The fourth-order valence-corrected chi connectivity index (χ4v) is 5.55. The minimum atomic E-state index is -0.753. The van der Waals surface area contributed by atoms with E-state index in [-0.39, 0.29) is 22.8 Å². The number of ether oxygens (including phenoxy) is 1. The summed E-state index contributed by atoms with van der Waals surface area (Å²) in [4.78, 5) is 27.9. The first-order chi connectivity index (χ1) is 19.5. The van der Waals surface area contributed by atoms with Crippen LogP contribution in [0.2, 0.25) is 0 Å². The van der Waals surface area contributed by atoms with Gasteiger partial charge in [0.15, 0.2) is 11.5 Å². The van der Waals surface area contributed by atoms with Crippen molar-refractivity contribution in [3.8, 4) is 11.5 Å². The summed E-state index contributed by atoms with van der Waals surface area (Å²) in [5, 5.41) is 21.2. The zero-order valence-corrected chi connectivity index (χ0v) is 24.4. The number of phenolic OH excluding ortho intramolecular Hbond substituents is 1. The summed E-state index contributed by atoms with van der Waals surface area (Å²) in [6.45, 7) is 2.67. The van der Waals surface area contributed by atoms with E-state index in [4.69, 9.17) is 4.74 Å². The second kappa shape index (κ2) is 16.7. The molecule has 0 aliphatic carbocycles. The highest BCUT2D eigenvalue weighted by Gasteiger charge is 2.46. The Hall–Kier alpha value is -3.28. The van der Waals surface area contributed by atoms with Crippen LogP contribution in [0.25, 0.3) is 5.76 Å². The number of methoxy groups -OCH3 is 1. The molecule has 40 heavy (non-hydrogen) atoms. The summed E-state index contributed by atoms with van der Waals surface area (Å²) < 4.78 is 5.28. The lowest BCUT2D eigenvalue weighted by molar-refractivity contribution is -0.139. The van der Waals surface area contributed by atoms with Crippen molar-refractivity contribution in [2.75, 3.05) is 13.7 Å². The molecule has 1 atom stereocenters. The molecule has 0 radical (unpaired) electrons. The van der Waals surface area contributed by atoms with Gasteiger partial charge in [0.05, 0.1) is 18.7 Å². The third kappa shape index (κ3) is 8.61. The largest absolute Gasteiger partial charge is 0.507 e. The number of amides is 1. The van der Waals surface area contributed by atoms with E-state index in [1.807, 2.05) is 6.07 Å². The normalized spacial score (nSPS) is 16.6. The third-order valence-electron chi connectivity index (χ3n) is 7.86. The summed E-state index contributed by atoms with van der Waals surface area (Å²) in [6.07, 6.45) is 17.4. The Morgan fingerprint density at radius 3 is 1.90 bits per heavy atom. The predicted octanol–water partition coefficient (Wildman–Crippen LogP) is 8.30. The van der Waals surface area contributed by atoms with Gasteiger partial charge in [-0.2, -0.15) is 0 Å². The van der Waals surface area contributed by atoms with Crippen LogP contribution < -0.4 is 4.74 Å². The van der Waals surface area contributed by atoms with Crippen LogP contribution in [0.15, 0.2) is 54.1 Å². The molecule has 0 bridgehead atoms. The Morgan fingerprint density at radius 2 is 1.35 bits per heavy atom. The van der Waals surface area contributed by atoms with Crippen LogP contribution in [-0.2, 0) is 9.59 Å². The summed E-state index contributed by atoms with van der Waals surface area (Å²) in [7, 11) is 1.45. The molecule has 2 aromatic rings. The van der Waals surface area contributed by atoms with Gasteiger partial charge in [-0.15, -0.1) is 0 Å². The van der Waals surface area contributed by atoms with E-state index in [1.54, 1.807) is 41.3 Å². The van der Waals surface area contributed by atoms with Crippen LogP contribution in [0.3, 0.4) is 0 Å². The minimum absolute atomic E-state index is 0.0294. The van der Waals surface area contributed by atoms with E-state index in [0.717, 1.165) is 19.3 Å². The molecular weight excluding hydrogens is 502 g/mol. The highest BCUT2D eigenvalue weighted by molar-refractivity contribution is 6.46. The van der Waals surface area contributed by atoms with Crippen LogP contribution >= 0.6 is 0 Å². The molecule has 1 fully saturated rings. The van der Waals surface area contributed by atoms with E-state index in [1.165, 1.54) is 83.8 Å². The Morgan fingerprint density at radius 1 is 0.800 bits per heavy atom. The minimum Gasteiger partial charge on any atom is -0.507 e. The maximum atomic E-state index is 13.2. The monoisotopic (exact) mass is 549 g/mol. The van der Waals surface area contributed by atoms with Gasteiger partial charge < -0.3 is 19.8 Å². The number of unbranched alkanes of at least 4 members (excludes halogenated alkanes) is 13. The van der Waals surface area contributed by atoms with Gasteiger partial charge in [0, 0.05) is 12.1 Å². The molecule has 6 heteroatoms. The van der Waals surface area contributed by atoms with Crippen molar-refractivity contribution in [1.82, 2.24) is 4.90 Å². The van der Waals surface area contributed by atoms with Crippen LogP contribution in [0.1, 0.15) is 114 Å². The average Bonchev–Trinajstić information content (AvgIpc) is 3.22. The van der Waals surface area contributed by atoms with Crippen molar-refractivity contribution in [2.24, 2.45) is 0 Å². The van der Waals surface area contributed by atoms with Crippen molar-refractivity contribution in [1.29, 1.82) is 0 Å². The van der Waals surface area contributed by atoms with Gasteiger partial charge in [0.1, 0.15) is 5.76 Å². The van der Waals surface area contributed by atoms with Gasteiger partial charge in [-0.05, 0) is 24.1 Å². The molecule has 218 valence electrons. The highest BCUT2D eigenvalue weighted by Crippen LogP contribution is 2.41. The number of rotatable bonds is 18. The number of ketones is 1. The fourth-order valence-electron chi connectivity index (χ4n) is 5.55. The quantitative estimate of drug-likeness (QED) is 0.0845. The number of carbonyl (C=O) groups is 2. The van der Waals surface area contributed by atoms with Gasteiger partial charge in [-0.1, -0.05) is 127 Å². The number of Topliss-reactive ketones (excluding diaryl/α,β-unsaturated/α-hetero) is 1. The van der Waals surface area contributed by atoms with E-state index < -0.39 is 17.7 Å². The smallest absolute Gasteiger partial charge is 0.295 e. The maximum absolute atomic E-state index is 13.2. The maximum Gasteiger partial charge on any atom is 0.295 e. The Balaban J connectivity index is 1.57. The van der Waals surface area contributed by atoms with Crippen LogP contribution in [0.5, 0.6) is 11.5 Å². The zero-order valence-electron chi connectivity index (χ0n) is 24.4. The second-order valence-corrected chi connectivity index (χ2v) is 10.9. The number of nitrogens with zero attached hydrogens (tertiary/aromatic N) is 1. The van der Waals surface area contributed by atoms with Crippen LogP contribution in [0, 0.1) is 0 Å². The average molecular weight is 550 g/mol. The van der Waals surface area contributed by atoms with Gasteiger partial charge in [-0.3, -0.25) is 9.59 Å². The summed E-state index contributed by atoms with van der Waals surface area (Å²) >= 11 is 0. The number of benzene rings is 2. The molecule has 1 heterocycles. The van der Waals surface area contributed by atoms with Gasteiger partial charge in [-0.25, -0.2) is 0 Å². The number of phenols is 1. The number of carbonyl (C=O) groups excluding carboxylic acids is 2. The molecule has 1 unspecified atom stereocenters. The number of aromatic hydroxyl groups is 1. The lowest BCUT2D eigenvalue weighted by Gasteiger charge is -2.26. The number of aliphatic hydroxyl groups is 1. The van der Waals surface area contributed by atoms with Gasteiger partial charge in [0.25, 0.3) is 11.7 Å². The first-order valence-electron chi connectivity index (χ1n) is 15.2. The Bertz CT molecular complexity index is 1110. The number of aliphatic hydroxyl groups excluding tert-OH is 1. The first kappa shape index (κ1) is 31.3. The number of likely N-dealkylation sites (tertiary alicyclic amines) is 1. The zero-order chi connectivity index (χ0) is 28.7. The van der Waals surface area contributed by atoms with E-state index in [2.05, 4.69) is 6.92 Å². The molecule has 0 aromatic heterocycles. The first-order valence-corrected chi connectivity index (χ1v) is 15.2. The predicted molar refractivity (Wildman–Crippen MR) is 160 cm³/mol. The summed E-state index contributed by atoms with van der Waals surface area (Å²) in [6, 6.07) is 12.8. The van der Waals surface area contributed by atoms with Crippen molar-refractivity contribution < 1.29 is 24.5 Å². The number of hydrogen-bond acceptors (Lipinski definition) is 5. The van der Waals surface area contributed by atoms with Gasteiger partial charge in [0.2, 0.25) is 0 Å². The van der Waals surface area contributed by atoms with Gasteiger partial charge >= 0.3 is 0 Å². The molecule has 6 nitrogen and oxygen atoms in total. The molecule has 0 spiro atoms. The molecule has 1 amide bonds. The fraction of sp³-hybridized carbons (Fsp3) is 0.529. The molecule has 1 aliphatic rings. The van der Waals surface area contributed by atoms with Crippen molar-refractivity contribution >= 4 is 17.4 Å². The lowest BCUT2D eigenvalue weighted by Crippen LogP contribution is -2.30. The van der Waals surface area contributed by atoms with Crippen molar-refractivity contribution in [3.63, 3.8) is 0 Å². The SMILES string of the molecule is CCCCCCCCCCCCCCCCN1C(=O)C(=O)/C(=C(\O)c2ccccc2)C1c1ccc(O)c(OC)c1. The molecule has 2 aromatic carbocycles. The molecule has 1 aliphatic heterocycles. The van der Waals surface area contributed by atoms with E-state index in [0.29, 0.717) is 17.7 Å². The molecule has 2 N–H and O–H groups in total. The molecule has 3 rings (SSSR count). The Kier molecular flexibility index (Phi) is 13.1. The summed E-state index contributed by atoms with van der Waals surface area (Å²) in [5.74, 6) is -1.27. The number of hydrogen-bond donors (Lipinski definition) is 2. The topological polar surface area (TPSA) is 87.1 Å². The summed E-state index contributed by atoms with van der Waals surface area (Å²) in [5.41, 5.74) is 1.15. The Labute approximate surface area is 240 Å². The molecule has 1 saturated heterocycles. The van der Waals surface area contributed by atoms with Crippen LogP contribution in [-0.4, -0.2) is 40.5 Å². The standard InChI is InChI=1S/C34H47NO5/c1-3-4-5-6-7-8-9-10-11-12-13-14-15-19-24-35-31(27-22-23-28(36)29(25-27)40-2)30(33(38)34(35)39)32(37)26-20-17-16-18-21-26/h16-18,20-23,25,31,36-37H,3-15,19,24H2,1-2H3/b32-30-. The second-order valence-electron chi connectivity index (χ2n) is 10.9.